The molecule has 0 aromatic heterocycles. The van der Waals surface area contributed by atoms with E-state index in [1.165, 1.54) is 6.08 Å². The van der Waals surface area contributed by atoms with Crippen molar-refractivity contribution in [3.8, 4) is 11.1 Å². The molecule has 0 radical (unpaired) electrons. The van der Waals surface area contributed by atoms with Gasteiger partial charge in [-0.05, 0) is 47.5 Å². The molecule has 1 aliphatic rings. The Morgan fingerprint density at radius 3 is 1.52 bits per heavy atom. The molecule has 2 aromatic rings. The molecule has 0 amide bonds. The van der Waals surface area contributed by atoms with Gasteiger partial charge in [0.05, 0.1) is 0 Å². The quantitative estimate of drug-likeness (QED) is 0.407. The third-order valence-electron chi connectivity index (χ3n) is 3.34. The molecule has 1 aliphatic carbocycles. The zero-order valence-electron chi connectivity index (χ0n) is 12.8. The van der Waals surface area contributed by atoms with Crippen molar-refractivity contribution >= 4 is 11.4 Å². The summed E-state index contributed by atoms with van der Waals surface area (Å²) in [5.74, 6) is 0. The van der Waals surface area contributed by atoms with Gasteiger partial charge in [0.15, 0.2) is 0 Å². The van der Waals surface area contributed by atoms with Crippen molar-refractivity contribution in [1.29, 1.82) is 0 Å². The van der Waals surface area contributed by atoms with E-state index in [1.807, 2.05) is 48.5 Å². The van der Waals surface area contributed by atoms with Crippen molar-refractivity contribution in [1.82, 2.24) is 0 Å². The van der Waals surface area contributed by atoms with Crippen LogP contribution in [0.15, 0.2) is 72.5 Å². The first-order valence-electron chi connectivity index (χ1n) is 7.22. The van der Waals surface area contributed by atoms with Crippen molar-refractivity contribution < 1.29 is 5.11 Å². The summed E-state index contributed by atoms with van der Waals surface area (Å²) < 4.78 is 0. The maximum atomic E-state index is 9.12. The molecule has 23 heavy (non-hydrogen) atoms. The molecule has 5 nitrogen and oxygen atoms in total. The average molecular weight is 310 g/mol. The van der Waals surface area contributed by atoms with Crippen LogP contribution < -0.4 is 22.9 Å². The summed E-state index contributed by atoms with van der Waals surface area (Å²) >= 11 is 0. The monoisotopic (exact) mass is 310 g/mol. The van der Waals surface area contributed by atoms with Gasteiger partial charge in [0.2, 0.25) is 0 Å². The second-order valence-corrected chi connectivity index (χ2v) is 5.51. The molecule has 0 heterocycles. The summed E-state index contributed by atoms with van der Waals surface area (Å²) in [6.07, 6.45) is 5.22. The summed E-state index contributed by atoms with van der Waals surface area (Å²) in [4.78, 5) is 0. The lowest BCUT2D eigenvalue weighted by Gasteiger charge is -2.21. The second-order valence-electron chi connectivity index (χ2n) is 5.51. The first-order valence-corrected chi connectivity index (χ1v) is 7.22. The summed E-state index contributed by atoms with van der Waals surface area (Å²) in [6, 6.07) is 15.6. The van der Waals surface area contributed by atoms with E-state index in [0.29, 0.717) is 12.1 Å². The Morgan fingerprint density at radius 1 is 0.783 bits per heavy atom. The van der Waals surface area contributed by atoms with Crippen molar-refractivity contribution in [2.45, 2.75) is 12.1 Å². The zero-order chi connectivity index (χ0) is 16.9. The van der Waals surface area contributed by atoms with Crippen LogP contribution in [0.2, 0.25) is 0 Å². The minimum absolute atomic E-state index is 0.323. The highest BCUT2D eigenvalue weighted by Crippen LogP contribution is 2.21. The van der Waals surface area contributed by atoms with Gasteiger partial charge in [0.1, 0.15) is 5.72 Å². The molecule has 3 rings (SSSR count). The number of aliphatic hydroxyl groups is 1. The second kappa shape index (κ2) is 7.00. The lowest BCUT2D eigenvalue weighted by molar-refractivity contribution is 0.0970. The number of nitrogen functional groups attached to an aromatic ring is 2. The first-order chi connectivity index (χ1) is 10.9. The molecule has 1 unspecified atom stereocenters. The van der Waals surface area contributed by atoms with Crippen LogP contribution in [-0.4, -0.2) is 10.8 Å². The van der Waals surface area contributed by atoms with Gasteiger partial charge in [-0.3, -0.25) is 5.73 Å². The van der Waals surface area contributed by atoms with E-state index < -0.39 is 5.72 Å². The number of nitrogens with two attached hydrogens (primary N) is 4. The van der Waals surface area contributed by atoms with E-state index in [4.69, 9.17) is 28.0 Å². The number of allylic oxidation sites excluding steroid dienone is 2. The molecule has 9 N–H and O–H groups in total. The normalized spacial score (nSPS) is 19.5. The van der Waals surface area contributed by atoms with Gasteiger partial charge >= 0.3 is 0 Å². The Kier molecular flexibility index (Phi) is 5.05. The maximum absolute atomic E-state index is 9.12. The lowest BCUT2D eigenvalue weighted by Crippen LogP contribution is -2.39. The third kappa shape index (κ3) is 5.18. The molecule has 0 saturated carbocycles. The number of benzene rings is 2. The van der Waals surface area contributed by atoms with Crippen molar-refractivity contribution in [2.24, 2.45) is 11.5 Å². The van der Waals surface area contributed by atoms with E-state index in [2.05, 4.69) is 0 Å². The van der Waals surface area contributed by atoms with Gasteiger partial charge in [0, 0.05) is 23.5 Å². The van der Waals surface area contributed by atoms with E-state index in [-0.39, 0.29) is 0 Å². The minimum atomic E-state index is -1.22. The van der Waals surface area contributed by atoms with Gasteiger partial charge in [-0.2, -0.15) is 0 Å². The molecule has 0 bridgehead atoms. The minimum Gasteiger partial charge on any atom is -0.402 e. The maximum Gasteiger partial charge on any atom is 0.138 e. The van der Waals surface area contributed by atoms with Crippen LogP contribution in [0.5, 0.6) is 0 Å². The van der Waals surface area contributed by atoms with E-state index in [9.17, 15) is 0 Å². The fourth-order valence-corrected chi connectivity index (χ4v) is 2.13. The smallest absolute Gasteiger partial charge is 0.138 e. The van der Waals surface area contributed by atoms with Gasteiger partial charge in [-0.15, -0.1) is 0 Å². The van der Waals surface area contributed by atoms with Crippen LogP contribution in [0.25, 0.3) is 11.1 Å². The lowest BCUT2D eigenvalue weighted by atomic mass is 10.0. The SMILES string of the molecule is NC1=CC=CC(N)(O)C1.Nc1ccc(-c2ccc(N)cc2)cc1. The molecular weight excluding hydrogens is 288 g/mol. The molecule has 0 saturated heterocycles. The van der Waals surface area contributed by atoms with Crippen LogP contribution >= 0.6 is 0 Å². The molecule has 0 fully saturated rings. The fraction of sp³-hybridized carbons (Fsp3) is 0.111. The van der Waals surface area contributed by atoms with Crippen molar-refractivity contribution in [2.75, 3.05) is 11.5 Å². The Hall–Kier alpha value is -2.76. The molecule has 0 spiro atoms. The predicted molar refractivity (Wildman–Crippen MR) is 95.9 cm³/mol. The molecule has 0 aliphatic heterocycles. The Morgan fingerprint density at radius 2 is 1.22 bits per heavy atom. The average Bonchev–Trinajstić information content (AvgIpc) is 2.48. The highest BCUT2D eigenvalue weighted by Gasteiger charge is 2.19. The van der Waals surface area contributed by atoms with E-state index >= 15 is 0 Å². The van der Waals surface area contributed by atoms with Crippen molar-refractivity contribution in [3.63, 3.8) is 0 Å². The summed E-state index contributed by atoms with van der Waals surface area (Å²) in [5, 5.41) is 9.12. The van der Waals surface area contributed by atoms with Crippen LogP contribution in [0, 0.1) is 0 Å². The van der Waals surface area contributed by atoms with Crippen LogP contribution in [0.4, 0.5) is 11.4 Å². The van der Waals surface area contributed by atoms with Gasteiger partial charge in [0.25, 0.3) is 0 Å². The Bertz CT molecular complexity index is 657. The zero-order valence-corrected chi connectivity index (χ0v) is 12.8. The van der Waals surface area contributed by atoms with Gasteiger partial charge in [-0.1, -0.05) is 30.3 Å². The molecule has 1 atom stereocenters. The Balaban J connectivity index is 0.000000185. The Labute approximate surface area is 135 Å². The predicted octanol–water partition coefficient (Wildman–Crippen LogP) is 1.95. The molecule has 120 valence electrons. The van der Waals surface area contributed by atoms with Crippen LogP contribution in [0.3, 0.4) is 0 Å². The van der Waals surface area contributed by atoms with E-state index in [0.717, 1.165) is 22.5 Å². The van der Waals surface area contributed by atoms with Crippen LogP contribution in [-0.2, 0) is 0 Å². The number of hydrogen-bond acceptors (Lipinski definition) is 5. The van der Waals surface area contributed by atoms with E-state index in [1.54, 1.807) is 12.2 Å². The molecule has 2 aromatic carbocycles. The summed E-state index contributed by atoms with van der Waals surface area (Å²) in [7, 11) is 0. The fourth-order valence-electron chi connectivity index (χ4n) is 2.13. The summed E-state index contributed by atoms with van der Waals surface area (Å²) in [6.45, 7) is 0. The number of rotatable bonds is 1. The number of anilines is 2. The topological polar surface area (TPSA) is 124 Å². The summed E-state index contributed by atoms with van der Waals surface area (Å²) in [5.41, 5.74) is 25.2. The van der Waals surface area contributed by atoms with Crippen LogP contribution in [0.1, 0.15) is 6.42 Å². The standard InChI is InChI=1S/C12H12N2.C6H10N2O/c13-11-5-1-9(2-6-11)10-3-7-12(14)8-4-10;7-5-2-1-3-6(8,9)4-5/h1-8H,13-14H2;1-3,9H,4,7-8H2. The highest BCUT2D eigenvalue weighted by molar-refractivity contribution is 5.67. The molecular formula is C18H22N4O. The van der Waals surface area contributed by atoms with Crippen molar-refractivity contribution in [3.05, 3.63) is 72.5 Å². The third-order valence-corrected chi connectivity index (χ3v) is 3.34. The molecule has 5 heteroatoms. The first kappa shape index (κ1) is 16.6. The van der Waals surface area contributed by atoms with Gasteiger partial charge < -0.3 is 22.3 Å². The largest absolute Gasteiger partial charge is 0.402 e. The van der Waals surface area contributed by atoms with Gasteiger partial charge in [-0.25, -0.2) is 0 Å². The highest BCUT2D eigenvalue weighted by atomic mass is 16.3. The number of hydrogen-bond donors (Lipinski definition) is 5.